The van der Waals surface area contributed by atoms with E-state index in [1.807, 2.05) is 0 Å². The fourth-order valence-electron chi connectivity index (χ4n) is 5.46. The molecular formula is C27H36F2N6O4S. The summed E-state index contributed by atoms with van der Waals surface area (Å²) in [7, 11) is -3.79. The van der Waals surface area contributed by atoms with Gasteiger partial charge in [-0.1, -0.05) is 0 Å². The van der Waals surface area contributed by atoms with Crippen molar-refractivity contribution in [2.24, 2.45) is 5.41 Å². The van der Waals surface area contributed by atoms with Crippen LogP contribution < -0.4 is 19.8 Å². The number of halogens is 2. The molecule has 2 saturated heterocycles. The Morgan fingerprint density at radius 1 is 1.02 bits per heavy atom. The molecule has 0 unspecified atom stereocenters. The number of nitrogens with zero attached hydrogens (tertiary/aromatic N) is 4. The van der Waals surface area contributed by atoms with Gasteiger partial charge in [-0.25, -0.2) is 22.2 Å². The molecule has 1 aromatic heterocycles. The van der Waals surface area contributed by atoms with E-state index in [0.717, 1.165) is 25.9 Å². The summed E-state index contributed by atoms with van der Waals surface area (Å²) in [4.78, 5) is 26.2. The molecule has 0 radical (unpaired) electrons. The van der Waals surface area contributed by atoms with Crippen molar-refractivity contribution in [3.8, 4) is 0 Å². The average Bonchev–Trinajstić information content (AvgIpc) is 3.61. The zero-order valence-electron chi connectivity index (χ0n) is 22.8. The molecule has 1 aromatic carbocycles. The fraction of sp³-hybridized carbons (Fsp3) is 0.593. The zero-order valence-corrected chi connectivity index (χ0v) is 23.6. The molecular weight excluding hydrogens is 542 g/mol. The quantitative estimate of drug-likeness (QED) is 0.432. The molecule has 1 atom stereocenters. The summed E-state index contributed by atoms with van der Waals surface area (Å²) >= 11 is 0. The lowest BCUT2D eigenvalue weighted by atomic mass is 9.93. The fourth-order valence-corrected chi connectivity index (χ4v) is 6.67. The number of aliphatic hydroxyl groups excluding tert-OH is 1. The Bertz CT molecular complexity index is 1360. The van der Waals surface area contributed by atoms with Gasteiger partial charge in [-0.15, -0.1) is 0 Å². The molecule has 3 heterocycles. The van der Waals surface area contributed by atoms with Crippen LogP contribution >= 0.6 is 0 Å². The summed E-state index contributed by atoms with van der Waals surface area (Å²) in [6, 6.07) is 6.38. The first-order valence-corrected chi connectivity index (χ1v) is 15.3. The number of aromatic nitrogens is 2. The van der Waals surface area contributed by atoms with E-state index in [9.17, 15) is 27.1 Å². The van der Waals surface area contributed by atoms with Gasteiger partial charge in [0, 0.05) is 50.8 Å². The van der Waals surface area contributed by atoms with Gasteiger partial charge in [-0.2, -0.15) is 4.98 Å². The molecule has 0 bridgehead atoms. The van der Waals surface area contributed by atoms with Crippen molar-refractivity contribution in [1.29, 1.82) is 0 Å². The molecule has 5 rings (SSSR count). The lowest BCUT2D eigenvalue weighted by Gasteiger charge is -2.35. The van der Waals surface area contributed by atoms with E-state index < -0.39 is 33.7 Å². The summed E-state index contributed by atoms with van der Waals surface area (Å²) in [6.07, 6.45) is 2.88. The van der Waals surface area contributed by atoms with Crippen molar-refractivity contribution < 1.29 is 27.1 Å². The molecule has 1 aliphatic carbocycles. The molecule has 10 nitrogen and oxygen atoms in total. The van der Waals surface area contributed by atoms with E-state index in [1.54, 1.807) is 30.0 Å². The largest absolute Gasteiger partial charge is 0.392 e. The summed E-state index contributed by atoms with van der Waals surface area (Å²) in [5.41, 5.74) is 2.27. The Morgan fingerprint density at radius 2 is 1.68 bits per heavy atom. The maximum absolute atomic E-state index is 13.6. The Hall–Kier alpha value is -3.06. The number of rotatable bonds is 8. The number of aliphatic hydroxyl groups is 1. The van der Waals surface area contributed by atoms with E-state index >= 15 is 0 Å². The maximum Gasteiger partial charge on any atom is 0.258 e. The second-order valence-corrected chi connectivity index (χ2v) is 13.2. The lowest BCUT2D eigenvalue weighted by Crippen LogP contribution is -2.40. The smallest absolute Gasteiger partial charge is 0.258 e. The molecule has 1 spiro atoms. The van der Waals surface area contributed by atoms with E-state index in [4.69, 9.17) is 0 Å². The summed E-state index contributed by atoms with van der Waals surface area (Å²) in [5.74, 6) is -3.01. The standard InChI is InChI=1S/C27H36F2N6O4S/c1-18-15-23(32-25(30-18)35-13-9-27(28,29)10-14-35)31-24(37)21-4-3-20(33-40(38,39)17-19(2)36)16-22(21)34-11-7-26(5-6-26)8-12-34/h3-4,15-16,19,33,36H,5-14,17H2,1-2H3,(H,30,31,32,37)/t19-/m1/s1. The molecule has 3 aliphatic rings. The van der Waals surface area contributed by atoms with Gasteiger partial charge < -0.3 is 20.2 Å². The van der Waals surface area contributed by atoms with Gasteiger partial charge in [0.25, 0.3) is 11.8 Å². The van der Waals surface area contributed by atoms with Crippen LogP contribution in [0, 0.1) is 12.3 Å². The predicted octanol–water partition coefficient (Wildman–Crippen LogP) is 3.78. The van der Waals surface area contributed by atoms with Crippen LogP contribution in [0.5, 0.6) is 0 Å². The van der Waals surface area contributed by atoms with Crippen molar-refractivity contribution in [3.63, 3.8) is 0 Å². The summed E-state index contributed by atoms with van der Waals surface area (Å²) < 4.78 is 54.7. The number of benzene rings is 1. The Morgan fingerprint density at radius 3 is 2.30 bits per heavy atom. The molecule has 1 amide bonds. The molecule has 3 fully saturated rings. The van der Waals surface area contributed by atoms with Gasteiger partial charge in [-0.3, -0.25) is 9.52 Å². The Balaban J connectivity index is 1.39. The zero-order chi connectivity index (χ0) is 28.7. The number of aryl methyl sites for hydroxylation is 1. The highest BCUT2D eigenvalue weighted by Gasteiger charge is 2.44. The van der Waals surface area contributed by atoms with Gasteiger partial charge in [0.05, 0.1) is 28.8 Å². The van der Waals surface area contributed by atoms with Crippen LogP contribution in [0.4, 0.5) is 31.9 Å². The first-order valence-electron chi connectivity index (χ1n) is 13.7. The van der Waals surface area contributed by atoms with Crippen LogP contribution in [-0.2, 0) is 10.0 Å². The van der Waals surface area contributed by atoms with Crippen molar-refractivity contribution >= 4 is 39.1 Å². The summed E-state index contributed by atoms with van der Waals surface area (Å²) in [6.45, 7) is 4.90. The maximum atomic E-state index is 13.6. The van der Waals surface area contributed by atoms with Crippen LogP contribution in [-0.4, -0.2) is 73.4 Å². The van der Waals surface area contributed by atoms with Crippen LogP contribution in [0.25, 0.3) is 0 Å². The molecule has 3 N–H and O–H groups in total. The van der Waals surface area contributed by atoms with Gasteiger partial charge in [0.2, 0.25) is 16.0 Å². The van der Waals surface area contributed by atoms with Crippen molar-refractivity contribution in [1.82, 2.24) is 9.97 Å². The number of hydrogen-bond acceptors (Lipinski definition) is 8. The normalized spacial score (nSPS) is 20.7. The Kier molecular flexibility index (Phi) is 7.64. The minimum absolute atomic E-state index is 0.122. The Labute approximate surface area is 233 Å². The third-order valence-corrected chi connectivity index (χ3v) is 9.43. The van der Waals surface area contributed by atoms with Crippen LogP contribution in [0.3, 0.4) is 0 Å². The van der Waals surface area contributed by atoms with Crippen molar-refractivity contribution in [3.05, 3.63) is 35.5 Å². The minimum atomic E-state index is -3.79. The number of anilines is 4. The third kappa shape index (κ3) is 6.80. The summed E-state index contributed by atoms with van der Waals surface area (Å²) in [5, 5.41) is 12.4. The lowest BCUT2D eigenvalue weighted by molar-refractivity contribution is -0.0222. The third-order valence-electron chi connectivity index (χ3n) is 7.96. The highest BCUT2D eigenvalue weighted by atomic mass is 32.2. The highest BCUT2D eigenvalue weighted by Crippen LogP contribution is 2.54. The second-order valence-electron chi connectivity index (χ2n) is 11.4. The van der Waals surface area contributed by atoms with Crippen LogP contribution in [0.1, 0.15) is 61.5 Å². The number of amides is 1. The van der Waals surface area contributed by atoms with Crippen molar-refractivity contribution in [2.45, 2.75) is 64.4 Å². The number of piperidine rings is 2. The number of nitrogens with one attached hydrogen (secondary N) is 2. The van der Waals surface area contributed by atoms with Gasteiger partial charge in [0.15, 0.2) is 0 Å². The van der Waals surface area contributed by atoms with Crippen LogP contribution in [0.15, 0.2) is 24.3 Å². The molecule has 2 aromatic rings. The van der Waals surface area contributed by atoms with E-state index in [0.29, 0.717) is 34.0 Å². The minimum Gasteiger partial charge on any atom is -0.392 e. The number of carbonyl (C=O) groups excluding carboxylic acids is 1. The molecule has 1 saturated carbocycles. The molecule has 2 aliphatic heterocycles. The molecule has 218 valence electrons. The van der Waals surface area contributed by atoms with E-state index in [1.165, 1.54) is 25.8 Å². The number of hydrogen-bond donors (Lipinski definition) is 3. The second kappa shape index (κ2) is 10.7. The topological polar surface area (TPSA) is 128 Å². The van der Waals surface area contributed by atoms with Gasteiger partial charge in [-0.05, 0) is 63.1 Å². The van der Waals surface area contributed by atoms with E-state index in [2.05, 4.69) is 24.9 Å². The average molecular weight is 579 g/mol. The highest BCUT2D eigenvalue weighted by molar-refractivity contribution is 7.92. The number of sulfonamides is 1. The van der Waals surface area contributed by atoms with Gasteiger partial charge >= 0.3 is 0 Å². The monoisotopic (exact) mass is 578 g/mol. The first-order chi connectivity index (χ1) is 18.8. The van der Waals surface area contributed by atoms with Crippen LogP contribution in [0.2, 0.25) is 0 Å². The SMILES string of the molecule is Cc1cc(NC(=O)c2ccc(NS(=O)(=O)C[C@@H](C)O)cc2N2CCC3(CC2)CC3)nc(N2CCC(F)(F)CC2)n1. The van der Waals surface area contributed by atoms with Gasteiger partial charge in [0.1, 0.15) is 5.82 Å². The number of carbonyl (C=O) groups is 1. The first kappa shape index (κ1) is 28.5. The molecule has 40 heavy (non-hydrogen) atoms. The molecule has 13 heteroatoms. The van der Waals surface area contributed by atoms with Crippen molar-refractivity contribution in [2.75, 3.05) is 51.8 Å². The number of alkyl halides is 2. The van der Waals surface area contributed by atoms with E-state index in [-0.39, 0.29) is 31.7 Å². The predicted molar refractivity (Wildman–Crippen MR) is 150 cm³/mol.